The van der Waals surface area contributed by atoms with Crippen LogP contribution in [0.5, 0.6) is 0 Å². The predicted octanol–water partition coefficient (Wildman–Crippen LogP) is 2.18. The molecule has 0 aliphatic heterocycles. The largest absolute Gasteiger partial charge is 0.419 e. The molecule has 0 spiro atoms. The highest BCUT2D eigenvalue weighted by Crippen LogP contribution is 2.23. The van der Waals surface area contributed by atoms with Gasteiger partial charge in [0.15, 0.2) is 10.7 Å². The first-order chi connectivity index (χ1) is 10.4. The van der Waals surface area contributed by atoms with Crippen LogP contribution in [0.25, 0.3) is 11.1 Å². The lowest BCUT2D eigenvalue weighted by atomic mass is 10.3. The van der Waals surface area contributed by atoms with E-state index in [0.29, 0.717) is 17.2 Å². The van der Waals surface area contributed by atoms with Crippen LogP contribution in [0.2, 0.25) is 0 Å². The van der Waals surface area contributed by atoms with Gasteiger partial charge in [0.05, 0.1) is 10.4 Å². The van der Waals surface area contributed by atoms with Crippen LogP contribution >= 0.6 is 11.3 Å². The number of benzene rings is 1. The van der Waals surface area contributed by atoms with E-state index in [1.165, 1.54) is 28.0 Å². The number of anilines is 1. The fraction of sp³-hybridized carbons (Fsp3) is 0.231. The smallest absolute Gasteiger partial charge is 0.408 e. The minimum atomic E-state index is -3.78. The van der Waals surface area contributed by atoms with Gasteiger partial charge >= 0.3 is 5.76 Å². The van der Waals surface area contributed by atoms with Crippen LogP contribution < -0.4 is 10.5 Å². The Morgan fingerprint density at radius 3 is 2.82 bits per heavy atom. The van der Waals surface area contributed by atoms with E-state index in [2.05, 4.69) is 9.71 Å². The minimum Gasteiger partial charge on any atom is -0.408 e. The predicted molar refractivity (Wildman–Crippen MR) is 83.8 cm³/mol. The van der Waals surface area contributed by atoms with Crippen molar-refractivity contribution < 1.29 is 12.8 Å². The van der Waals surface area contributed by atoms with Crippen LogP contribution in [0.4, 0.5) is 5.13 Å². The number of oxazole rings is 1. The molecule has 0 aliphatic rings. The molecule has 9 heteroatoms. The van der Waals surface area contributed by atoms with Crippen molar-refractivity contribution in [2.24, 2.45) is 0 Å². The summed E-state index contributed by atoms with van der Waals surface area (Å²) < 4.78 is 33.6. The Morgan fingerprint density at radius 1 is 1.41 bits per heavy atom. The Labute approximate surface area is 130 Å². The number of thiazole rings is 1. The molecule has 3 aromatic rings. The number of rotatable bonds is 4. The van der Waals surface area contributed by atoms with Crippen molar-refractivity contribution in [2.75, 3.05) is 4.72 Å². The number of hydrogen-bond acceptors (Lipinski definition) is 6. The lowest BCUT2D eigenvalue weighted by Crippen LogP contribution is -2.13. The molecular formula is C13H13N3O4S2. The van der Waals surface area contributed by atoms with Crippen LogP contribution in [-0.4, -0.2) is 18.0 Å². The maximum atomic E-state index is 12.3. The molecule has 22 heavy (non-hydrogen) atoms. The Balaban J connectivity index is 2.04. The van der Waals surface area contributed by atoms with E-state index in [0.717, 1.165) is 4.88 Å². The number of nitrogens with zero attached hydrogens (tertiary/aromatic N) is 2. The van der Waals surface area contributed by atoms with Crippen molar-refractivity contribution in [2.45, 2.75) is 25.3 Å². The first-order valence-electron chi connectivity index (χ1n) is 6.49. The Kier molecular flexibility index (Phi) is 3.53. The van der Waals surface area contributed by atoms with E-state index >= 15 is 0 Å². The highest BCUT2D eigenvalue weighted by molar-refractivity contribution is 7.93. The number of hydrogen-bond donors (Lipinski definition) is 1. The first kappa shape index (κ1) is 14.8. The van der Waals surface area contributed by atoms with Crippen molar-refractivity contribution in [3.8, 4) is 0 Å². The number of aromatic nitrogens is 2. The first-order valence-corrected chi connectivity index (χ1v) is 8.79. The molecule has 0 atom stereocenters. The molecule has 0 amide bonds. The van der Waals surface area contributed by atoms with Crippen molar-refractivity contribution in [3.63, 3.8) is 0 Å². The molecule has 0 bridgehead atoms. The molecule has 116 valence electrons. The van der Waals surface area contributed by atoms with E-state index in [1.54, 1.807) is 12.3 Å². The fourth-order valence-electron chi connectivity index (χ4n) is 2.09. The second-order valence-electron chi connectivity index (χ2n) is 4.62. The van der Waals surface area contributed by atoms with Crippen molar-refractivity contribution in [1.29, 1.82) is 0 Å². The summed E-state index contributed by atoms with van der Waals surface area (Å²) in [7, 11) is -3.78. The second kappa shape index (κ2) is 5.25. The van der Waals surface area contributed by atoms with Gasteiger partial charge in [0, 0.05) is 23.7 Å². The van der Waals surface area contributed by atoms with Gasteiger partial charge in [-0.25, -0.2) is 18.2 Å². The number of aryl methyl sites for hydroxylation is 2. The summed E-state index contributed by atoms with van der Waals surface area (Å²) >= 11 is 1.24. The molecule has 1 aromatic carbocycles. The molecule has 0 fully saturated rings. The second-order valence-corrected chi connectivity index (χ2v) is 7.54. The minimum absolute atomic E-state index is 0.0184. The third-order valence-electron chi connectivity index (χ3n) is 3.11. The monoisotopic (exact) mass is 339 g/mol. The molecule has 3 rings (SSSR count). The average molecular weight is 339 g/mol. The normalized spacial score (nSPS) is 11.9. The molecule has 0 aliphatic carbocycles. The Hall–Kier alpha value is -2.13. The molecule has 0 saturated heterocycles. The molecule has 0 radical (unpaired) electrons. The average Bonchev–Trinajstić information content (AvgIpc) is 2.99. The van der Waals surface area contributed by atoms with Crippen LogP contribution in [0.15, 0.2) is 38.5 Å². The van der Waals surface area contributed by atoms with E-state index in [1.807, 2.05) is 13.8 Å². The van der Waals surface area contributed by atoms with Crippen molar-refractivity contribution in [1.82, 2.24) is 9.55 Å². The molecule has 2 heterocycles. The third kappa shape index (κ3) is 2.53. The van der Waals surface area contributed by atoms with Gasteiger partial charge in [0.25, 0.3) is 10.0 Å². The summed E-state index contributed by atoms with van der Waals surface area (Å²) in [5, 5.41) is 0.296. The van der Waals surface area contributed by atoms with Gasteiger partial charge in [-0.05, 0) is 26.0 Å². The van der Waals surface area contributed by atoms with E-state index in [9.17, 15) is 13.2 Å². The highest BCUT2D eigenvalue weighted by Gasteiger charge is 2.18. The van der Waals surface area contributed by atoms with Gasteiger partial charge in [-0.2, -0.15) is 0 Å². The molecule has 0 unspecified atom stereocenters. The zero-order valence-corrected chi connectivity index (χ0v) is 13.5. The van der Waals surface area contributed by atoms with E-state index in [-0.39, 0.29) is 10.5 Å². The van der Waals surface area contributed by atoms with E-state index < -0.39 is 15.8 Å². The number of sulfonamides is 1. The molecule has 7 nitrogen and oxygen atoms in total. The Morgan fingerprint density at radius 2 is 2.18 bits per heavy atom. The van der Waals surface area contributed by atoms with Gasteiger partial charge in [0.1, 0.15) is 0 Å². The van der Waals surface area contributed by atoms with Gasteiger partial charge in [-0.3, -0.25) is 9.29 Å². The summed E-state index contributed by atoms with van der Waals surface area (Å²) in [6.45, 7) is 4.10. The third-order valence-corrected chi connectivity index (χ3v) is 5.40. The number of nitrogens with one attached hydrogen (secondary N) is 1. The molecular weight excluding hydrogens is 326 g/mol. The van der Waals surface area contributed by atoms with Crippen LogP contribution in [0.3, 0.4) is 0 Å². The fourth-order valence-corrected chi connectivity index (χ4v) is 4.01. The summed E-state index contributed by atoms with van der Waals surface area (Å²) in [5.41, 5.74) is 0.807. The van der Waals surface area contributed by atoms with Crippen molar-refractivity contribution >= 4 is 37.6 Å². The zero-order chi connectivity index (χ0) is 15.9. The molecule has 2 aromatic heterocycles. The summed E-state index contributed by atoms with van der Waals surface area (Å²) in [6.07, 6.45) is 1.59. The SMILES string of the molecule is CCn1c(=O)oc2cc(S(=O)(=O)Nc3ncc(C)s3)ccc21. The van der Waals surface area contributed by atoms with Gasteiger partial charge in [0.2, 0.25) is 0 Å². The van der Waals surface area contributed by atoms with Gasteiger partial charge < -0.3 is 4.42 Å². The van der Waals surface area contributed by atoms with Crippen LogP contribution in [-0.2, 0) is 16.6 Å². The summed E-state index contributed by atoms with van der Waals surface area (Å²) in [4.78, 5) is 16.5. The lowest BCUT2D eigenvalue weighted by Gasteiger charge is -2.05. The zero-order valence-electron chi connectivity index (χ0n) is 11.9. The Bertz CT molecular complexity index is 998. The van der Waals surface area contributed by atoms with Crippen LogP contribution in [0.1, 0.15) is 11.8 Å². The summed E-state index contributed by atoms with van der Waals surface area (Å²) in [6, 6.07) is 4.34. The number of fused-ring (bicyclic) bond motifs is 1. The van der Waals surface area contributed by atoms with Crippen molar-refractivity contribution in [3.05, 3.63) is 39.8 Å². The highest BCUT2D eigenvalue weighted by atomic mass is 32.2. The quantitative estimate of drug-likeness (QED) is 0.786. The van der Waals surface area contributed by atoms with Gasteiger partial charge in [-0.15, -0.1) is 11.3 Å². The molecule has 0 saturated carbocycles. The standard InChI is InChI=1S/C13H13N3O4S2/c1-3-16-10-5-4-9(6-11(10)20-13(16)17)22(18,19)15-12-14-7-8(2)21-12/h4-7H,3H2,1-2H3,(H,14,15). The maximum Gasteiger partial charge on any atom is 0.419 e. The lowest BCUT2D eigenvalue weighted by molar-refractivity contribution is 0.512. The van der Waals surface area contributed by atoms with E-state index in [4.69, 9.17) is 4.42 Å². The topological polar surface area (TPSA) is 94.2 Å². The molecule has 1 N–H and O–H groups in total. The summed E-state index contributed by atoms with van der Waals surface area (Å²) in [5.74, 6) is -0.504. The maximum absolute atomic E-state index is 12.3. The van der Waals surface area contributed by atoms with Gasteiger partial charge in [-0.1, -0.05) is 0 Å². The van der Waals surface area contributed by atoms with Crippen LogP contribution in [0, 0.1) is 6.92 Å².